The van der Waals surface area contributed by atoms with Crippen molar-refractivity contribution < 1.29 is 8.42 Å². The molecule has 142 valence electrons. The lowest BCUT2D eigenvalue weighted by atomic mass is 10.2. The number of anilines is 4. The molecule has 0 amide bonds. The van der Waals surface area contributed by atoms with Gasteiger partial charge in [0.15, 0.2) is 5.13 Å². The number of hydrogen-bond donors (Lipinski definition) is 2. The summed E-state index contributed by atoms with van der Waals surface area (Å²) < 4.78 is 27.6. The van der Waals surface area contributed by atoms with Crippen LogP contribution in [0.15, 0.2) is 77.3 Å². The van der Waals surface area contributed by atoms with Crippen molar-refractivity contribution in [2.24, 2.45) is 0 Å². The van der Waals surface area contributed by atoms with E-state index in [1.54, 1.807) is 42.0 Å². The number of hydrogen-bond acceptors (Lipinski definition) is 6. The van der Waals surface area contributed by atoms with E-state index in [9.17, 15) is 8.42 Å². The second-order valence-corrected chi connectivity index (χ2v) is 8.63. The van der Waals surface area contributed by atoms with Gasteiger partial charge in [0.25, 0.3) is 10.0 Å². The third-order valence-corrected chi connectivity index (χ3v) is 6.22. The summed E-state index contributed by atoms with van der Waals surface area (Å²) in [5.41, 5.74) is 2.87. The molecule has 0 spiro atoms. The Morgan fingerprint density at radius 2 is 1.86 bits per heavy atom. The first kappa shape index (κ1) is 18.2. The molecule has 2 N–H and O–H groups in total. The second kappa shape index (κ2) is 7.45. The number of H-pyrrole nitrogens is 1. The standard InChI is InChI=1S/C19H17N5O2S2/c1-14-3-2-4-16(13-14)24(18-9-10-21-22-18)15-5-7-17(8-6-15)28(25,26)23-19-20-11-12-27-19/h2-13H,1H3,(H,20,23)(H,21,22). The molecule has 0 fully saturated rings. The number of benzene rings is 2. The Bertz CT molecular complexity index is 1160. The van der Waals surface area contributed by atoms with Crippen LogP contribution >= 0.6 is 11.3 Å². The molecule has 9 heteroatoms. The Labute approximate surface area is 166 Å². The maximum atomic E-state index is 12.5. The van der Waals surface area contributed by atoms with E-state index >= 15 is 0 Å². The Balaban J connectivity index is 1.69. The van der Waals surface area contributed by atoms with Crippen molar-refractivity contribution in [2.75, 3.05) is 9.62 Å². The zero-order valence-corrected chi connectivity index (χ0v) is 16.5. The molecule has 7 nitrogen and oxygen atoms in total. The van der Waals surface area contributed by atoms with E-state index in [2.05, 4.69) is 26.0 Å². The molecule has 0 unspecified atom stereocenters. The first-order chi connectivity index (χ1) is 13.5. The van der Waals surface area contributed by atoms with Crippen LogP contribution in [0.1, 0.15) is 5.56 Å². The molecular formula is C19H17N5O2S2. The van der Waals surface area contributed by atoms with Crippen molar-refractivity contribution in [1.82, 2.24) is 15.2 Å². The van der Waals surface area contributed by atoms with Crippen molar-refractivity contribution in [3.8, 4) is 0 Å². The SMILES string of the molecule is Cc1cccc(N(c2ccc(S(=O)(=O)Nc3nccs3)cc2)c2ccn[nH]2)c1. The maximum Gasteiger partial charge on any atom is 0.263 e. The third kappa shape index (κ3) is 3.75. The largest absolute Gasteiger partial charge is 0.295 e. The molecule has 0 saturated carbocycles. The fourth-order valence-electron chi connectivity index (χ4n) is 2.79. The van der Waals surface area contributed by atoms with Gasteiger partial charge in [-0.15, -0.1) is 11.3 Å². The number of rotatable bonds is 6. The average Bonchev–Trinajstić information content (AvgIpc) is 3.37. The van der Waals surface area contributed by atoms with Gasteiger partial charge in [0, 0.05) is 29.0 Å². The van der Waals surface area contributed by atoms with Gasteiger partial charge in [0.05, 0.1) is 11.1 Å². The number of aryl methyl sites for hydroxylation is 1. The van der Waals surface area contributed by atoms with Gasteiger partial charge in [-0.2, -0.15) is 5.10 Å². The first-order valence-corrected chi connectivity index (χ1v) is 10.8. The second-order valence-electron chi connectivity index (χ2n) is 6.05. The van der Waals surface area contributed by atoms with Crippen molar-refractivity contribution >= 4 is 43.7 Å². The summed E-state index contributed by atoms with van der Waals surface area (Å²) in [5.74, 6) is 0.780. The highest BCUT2D eigenvalue weighted by molar-refractivity contribution is 7.93. The zero-order chi connectivity index (χ0) is 19.6. The van der Waals surface area contributed by atoms with Crippen molar-refractivity contribution in [2.45, 2.75) is 11.8 Å². The average molecular weight is 412 g/mol. The summed E-state index contributed by atoms with van der Waals surface area (Å²) in [6.45, 7) is 2.02. The lowest BCUT2D eigenvalue weighted by Gasteiger charge is -2.23. The minimum atomic E-state index is -3.69. The van der Waals surface area contributed by atoms with E-state index < -0.39 is 10.0 Å². The van der Waals surface area contributed by atoms with Crippen LogP contribution in [0.4, 0.5) is 22.3 Å². The third-order valence-electron chi connectivity index (χ3n) is 4.05. The zero-order valence-electron chi connectivity index (χ0n) is 14.9. The number of sulfonamides is 1. The van der Waals surface area contributed by atoms with Crippen LogP contribution in [-0.2, 0) is 10.0 Å². The van der Waals surface area contributed by atoms with Gasteiger partial charge < -0.3 is 0 Å². The molecule has 2 aromatic heterocycles. The van der Waals surface area contributed by atoms with E-state index in [1.807, 2.05) is 36.1 Å². The van der Waals surface area contributed by atoms with Crippen LogP contribution in [0.2, 0.25) is 0 Å². The van der Waals surface area contributed by atoms with Crippen molar-refractivity contribution in [1.29, 1.82) is 0 Å². The predicted molar refractivity (Wildman–Crippen MR) is 111 cm³/mol. The lowest BCUT2D eigenvalue weighted by molar-refractivity contribution is 0.601. The van der Waals surface area contributed by atoms with Crippen LogP contribution < -0.4 is 9.62 Å². The monoisotopic (exact) mass is 411 g/mol. The highest BCUT2D eigenvalue weighted by Gasteiger charge is 2.18. The van der Waals surface area contributed by atoms with Crippen LogP contribution in [0.25, 0.3) is 0 Å². The Hall–Kier alpha value is -3.17. The van der Waals surface area contributed by atoms with Crippen LogP contribution in [-0.4, -0.2) is 23.6 Å². The summed E-state index contributed by atoms with van der Waals surface area (Å²) in [5, 5.41) is 9.05. The van der Waals surface area contributed by atoms with Crippen molar-refractivity contribution in [3.05, 3.63) is 77.9 Å². The lowest BCUT2D eigenvalue weighted by Crippen LogP contribution is -2.14. The van der Waals surface area contributed by atoms with Gasteiger partial charge >= 0.3 is 0 Å². The van der Waals surface area contributed by atoms with E-state index in [0.29, 0.717) is 5.13 Å². The van der Waals surface area contributed by atoms with Gasteiger partial charge in [0.1, 0.15) is 5.82 Å². The summed E-state index contributed by atoms with van der Waals surface area (Å²) in [7, 11) is -3.69. The Morgan fingerprint density at radius 1 is 1.04 bits per heavy atom. The van der Waals surface area contributed by atoms with Gasteiger partial charge in [-0.1, -0.05) is 12.1 Å². The Kier molecular flexibility index (Phi) is 4.84. The summed E-state index contributed by atoms with van der Waals surface area (Å²) in [6, 6.07) is 16.6. The first-order valence-electron chi connectivity index (χ1n) is 8.41. The molecule has 0 saturated heterocycles. The minimum absolute atomic E-state index is 0.167. The quantitative estimate of drug-likeness (QED) is 0.489. The number of nitrogens with zero attached hydrogens (tertiary/aromatic N) is 3. The van der Waals surface area contributed by atoms with Crippen LogP contribution in [0.3, 0.4) is 0 Å². The van der Waals surface area contributed by atoms with E-state index in [4.69, 9.17) is 0 Å². The molecule has 2 heterocycles. The Morgan fingerprint density at radius 3 is 2.50 bits per heavy atom. The van der Waals surface area contributed by atoms with E-state index in [1.165, 1.54) is 11.3 Å². The van der Waals surface area contributed by atoms with Crippen LogP contribution in [0.5, 0.6) is 0 Å². The highest BCUT2D eigenvalue weighted by atomic mass is 32.2. The molecule has 4 rings (SSSR count). The number of aromatic nitrogens is 3. The minimum Gasteiger partial charge on any atom is -0.295 e. The highest BCUT2D eigenvalue weighted by Crippen LogP contribution is 2.34. The maximum absolute atomic E-state index is 12.5. The van der Waals surface area contributed by atoms with Gasteiger partial charge in [-0.05, 0) is 48.9 Å². The van der Waals surface area contributed by atoms with Crippen molar-refractivity contribution in [3.63, 3.8) is 0 Å². The smallest absolute Gasteiger partial charge is 0.263 e. The summed E-state index contributed by atoms with van der Waals surface area (Å²) in [6.07, 6.45) is 3.23. The van der Waals surface area contributed by atoms with Gasteiger partial charge in [0.2, 0.25) is 0 Å². The normalized spacial score (nSPS) is 11.3. The number of aromatic amines is 1. The summed E-state index contributed by atoms with van der Waals surface area (Å²) >= 11 is 1.23. The predicted octanol–water partition coefficient (Wildman–Crippen LogP) is 4.45. The molecule has 0 radical (unpaired) electrons. The number of nitrogens with one attached hydrogen (secondary N) is 2. The molecule has 0 aliphatic carbocycles. The molecule has 0 aliphatic rings. The fourth-order valence-corrected chi connectivity index (χ4v) is 4.58. The molecular weight excluding hydrogens is 394 g/mol. The van der Waals surface area contributed by atoms with Gasteiger partial charge in [-0.25, -0.2) is 13.4 Å². The van der Waals surface area contributed by atoms with Gasteiger partial charge in [-0.3, -0.25) is 14.7 Å². The molecule has 2 aromatic carbocycles. The molecule has 4 aromatic rings. The molecule has 0 aliphatic heterocycles. The fraction of sp³-hybridized carbons (Fsp3) is 0.0526. The van der Waals surface area contributed by atoms with E-state index in [-0.39, 0.29) is 4.90 Å². The summed E-state index contributed by atoms with van der Waals surface area (Å²) in [4.78, 5) is 6.11. The van der Waals surface area contributed by atoms with Crippen LogP contribution in [0, 0.1) is 6.92 Å². The molecule has 28 heavy (non-hydrogen) atoms. The molecule has 0 atom stereocenters. The molecule has 0 bridgehead atoms. The number of thiazole rings is 1. The van der Waals surface area contributed by atoms with E-state index in [0.717, 1.165) is 22.8 Å². The topological polar surface area (TPSA) is 91.0 Å².